The second-order valence-electron chi connectivity index (χ2n) is 16.8. The summed E-state index contributed by atoms with van der Waals surface area (Å²) in [5.41, 5.74) is 9.69. The van der Waals surface area contributed by atoms with E-state index in [0.29, 0.717) is 17.5 Å². The van der Waals surface area contributed by atoms with Gasteiger partial charge in [0, 0.05) is 69.9 Å². The molecule has 4 aromatic heterocycles. The Morgan fingerprint density at radius 3 is 1.89 bits per heavy atom. The average Bonchev–Trinajstić information content (AvgIpc) is 4.04. The van der Waals surface area contributed by atoms with Crippen LogP contribution < -0.4 is 0 Å². The molecule has 0 bridgehead atoms. The number of rotatable bonds is 5. The van der Waals surface area contributed by atoms with Crippen LogP contribution in [0.4, 0.5) is 0 Å². The van der Waals surface area contributed by atoms with Crippen molar-refractivity contribution in [3.63, 3.8) is 0 Å². The molecule has 0 radical (unpaired) electrons. The smallest absolute Gasteiger partial charge is 0.164 e. The maximum atomic E-state index is 6.83. The molecule has 0 saturated heterocycles. The highest BCUT2D eigenvalue weighted by Gasteiger charge is 2.23. The van der Waals surface area contributed by atoms with Gasteiger partial charge in [0.05, 0.1) is 16.7 Å². The van der Waals surface area contributed by atoms with Crippen molar-refractivity contribution in [2.45, 2.75) is 0 Å². The van der Waals surface area contributed by atoms with Crippen LogP contribution in [0.2, 0.25) is 0 Å². The van der Waals surface area contributed by atoms with Crippen molar-refractivity contribution in [3.8, 4) is 51.0 Å². The summed E-state index contributed by atoms with van der Waals surface area (Å²) < 4.78 is 11.7. The molecule has 0 aliphatic carbocycles. The standard InChI is InChI=1S/C59H34N4OS/c1-2-13-35(14-3-1)37-18-12-19-40(29-37)57-60-58(41-26-28-54-48(31-41)44-21-9-11-24-53(44)65-54)62-59(61-57)49-33-42(34-52-55(49)46-22-8-10-23-51(46)64-52)63-50-32-39-17-5-4-16-38(39)30-47(50)45-27-25-36-15-6-7-20-43(36)56(45)63/h1-34H. The molecule has 0 atom stereocenters. The predicted molar refractivity (Wildman–Crippen MR) is 271 cm³/mol. The summed E-state index contributed by atoms with van der Waals surface area (Å²) in [7, 11) is 0. The SMILES string of the molecule is c1ccc(-c2cccc(-c3nc(-c4ccc5sc6ccccc6c5c4)nc(-c4cc(-n5c6cc7ccccc7cc6c6ccc7ccccc7c65)cc5oc6ccccc6c45)n3)c2)cc1. The molecule has 65 heavy (non-hydrogen) atoms. The summed E-state index contributed by atoms with van der Waals surface area (Å²) in [6.07, 6.45) is 0. The minimum Gasteiger partial charge on any atom is -0.456 e. The topological polar surface area (TPSA) is 56.7 Å². The molecular weight excluding hydrogens is 813 g/mol. The fraction of sp³-hybridized carbons (Fsp3) is 0. The fourth-order valence-corrected chi connectivity index (χ4v) is 11.1. The summed E-state index contributed by atoms with van der Waals surface area (Å²) in [5, 5.41) is 11.5. The van der Waals surface area contributed by atoms with E-state index in [0.717, 1.165) is 66.5 Å². The number of para-hydroxylation sites is 1. The summed E-state index contributed by atoms with van der Waals surface area (Å²) in [4.78, 5) is 16.2. The quantitative estimate of drug-likeness (QED) is 0.173. The average molecular weight is 847 g/mol. The van der Waals surface area contributed by atoms with Gasteiger partial charge in [-0.05, 0) is 81.9 Å². The van der Waals surface area contributed by atoms with Crippen LogP contribution in [-0.4, -0.2) is 19.5 Å². The molecule has 14 rings (SSSR count). The molecule has 0 fully saturated rings. The summed E-state index contributed by atoms with van der Waals surface area (Å²) in [6.45, 7) is 0. The molecule has 302 valence electrons. The van der Waals surface area contributed by atoms with Gasteiger partial charge < -0.3 is 8.98 Å². The Balaban J connectivity index is 1.08. The number of aromatic nitrogens is 4. The lowest BCUT2D eigenvalue weighted by Gasteiger charge is -2.14. The van der Waals surface area contributed by atoms with E-state index >= 15 is 0 Å². The fourth-order valence-electron chi connectivity index (χ4n) is 9.96. The van der Waals surface area contributed by atoms with E-state index < -0.39 is 0 Å². The molecule has 0 N–H and O–H groups in total. The summed E-state index contributed by atoms with van der Waals surface area (Å²) in [5.74, 6) is 1.77. The van der Waals surface area contributed by atoms with Gasteiger partial charge in [0.1, 0.15) is 11.2 Å². The zero-order chi connectivity index (χ0) is 42.6. The van der Waals surface area contributed by atoms with E-state index in [1.165, 1.54) is 52.5 Å². The van der Waals surface area contributed by atoms with Gasteiger partial charge in [-0.2, -0.15) is 0 Å². The Hall–Kier alpha value is -8.45. The predicted octanol–water partition coefficient (Wildman–Crippen LogP) is 16.2. The van der Waals surface area contributed by atoms with Crippen LogP contribution in [0, 0.1) is 0 Å². The molecule has 0 amide bonds. The lowest BCUT2D eigenvalue weighted by Crippen LogP contribution is -2.02. The molecule has 0 aliphatic heterocycles. The van der Waals surface area contributed by atoms with Gasteiger partial charge >= 0.3 is 0 Å². The Morgan fingerprint density at radius 1 is 0.369 bits per heavy atom. The molecule has 6 heteroatoms. The lowest BCUT2D eigenvalue weighted by atomic mass is 10.0. The summed E-state index contributed by atoms with van der Waals surface area (Å²) in [6, 6.07) is 73.3. The van der Waals surface area contributed by atoms with E-state index in [4.69, 9.17) is 19.4 Å². The first-order valence-electron chi connectivity index (χ1n) is 21.8. The Kier molecular flexibility index (Phi) is 7.79. The van der Waals surface area contributed by atoms with Crippen LogP contribution in [0.15, 0.2) is 211 Å². The van der Waals surface area contributed by atoms with E-state index in [9.17, 15) is 0 Å². The zero-order valence-electron chi connectivity index (χ0n) is 34.7. The van der Waals surface area contributed by atoms with Crippen molar-refractivity contribution in [1.82, 2.24) is 19.5 Å². The Labute approximate surface area is 376 Å². The highest BCUT2D eigenvalue weighted by molar-refractivity contribution is 7.25. The van der Waals surface area contributed by atoms with Crippen LogP contribution >= 0.6 is 11.3 Å². The number of hydrogen-bond donors (Lipinski definition) is 0. The minimum atomic E-state index is 0.569. The third-order valence-corrected chi connectivity index (χ3v) is 14.1. The molecule has 5 nitrogen and oxygen atoms in total. The highest BCUT2D eigenvalue weighted by Crippen LogP contribution is 2.44. The second kappa shape index (κ2) is 14.0. The van der Waals surface area contributed by atoms with Crippen molar-refractivity contribution in [3.05, 3.63) is 206 Å². The van der Waals surface area contributed by atoms with Gasteiger partial charge in [0.15, 0.2) is 17.5 Å². The van der Waals surface area contributed by atoms with E-state index in [2.05, 4.69) is 193 Å². The van der Waals surface area contributed by atoms with Crippen LogP contribution in [0.5, 0.6) is 0 Å². The van der Waals surface area contributed by atoms with Crippen LogP contribution in [-0.2, 0) is 0 Å². The Morgan fingerprint density at radius 2 is 1.03 bits per heavy atom. The maximum absolute atomic E-state index is 6.83. The number of furan rings is 1. The van der Waals surface area contributed by atoms with E-state index in [-0.39, 0.29) is 0 Å². The highest BCUT2D eigenvalue weighted by atomic mass is 32.1. The van der Waals surface area contributed by atoms with Gasteiger partial charge in [-0.1, -0.05) is 146 Å². The van der Waals surface area contributed by atoms with Gasteiger partial charge in [0.25, 0.3) is 0 Å². The van der Waals surface area contributed by atoms with Gasteiger partial charge in [-0.25, -0.2) is 15.0 Å². The first kappa shape index (κ1) is 36.1. The maximum Gasteiger partial charge on any atom is 0.164 e. The number of hydrogen-bond acceptors (Lipinski definition) is 5. The largest absolute Gasteiger partial charge is 0.456 e. The summed E-state index contributed by atoms with van der Waals surface area (Å²) >= 11 is 1.81. The number of nitrogens with zero attached hydrogens (tertiary/aromatic N) is 4. The monoisotopic (exact) mass is 846 g/mol. The van der Waals surface area contributed by atoms with Crippen LogP contribution in [0.25, 0.3) is 136 Å². The lowest BCUT2D eigenvalue weighted by molar-refractivity contribution is 0.668. The van der Waals surface area contributed by atoms with Crippen LogP contribution in [0.1, 0.15) is 0 Å². The van der Waals surface area contributed by atoms with Gasteiger partial charge in [0.2, 0.25) is 0 Å². The third kappa shape index (κ3) is 5.67. The van der Waals surface area contributed by atoms with Crippen molar-refractivity contribution in [2.24, 2.45) is 0 Å². The van der Waals surface area contributed by atoms with E-state index in [1.807, 2.05) is 18.2 Å². The van der Waals surface area contributed by atoms with Gasteiger partial charge in [-0.15, -0.1) is 11.3 Å². The molecule has 0 unspecified atom stereocenters. The first-order valence-corrected chi connectivity index (χ1v) is 22.6. The van der Waals surface area contributed by atoms with Crippen molar-refractivity contribution >= 4 is 96.8 Å². The minimum absolute atomic E-state index is 0.569. The molecule has 4 heterocycles. The Bertz CT molecular complexity index is 4260. The normalized spacial score (nSPS) is 12.0. The molecular formula is C59H34N4OS. The first-order chi connectivity index (χ1) is 32.2. The molecule has 0 saturated carbocycles. The van der Waals surface area contributed by atoms with Gasteiger partial charge in [-0.3, -0.25) is 0 Å². The second-order valence-corrected chi connectivity index (χ2v) is 17.8. The molecule has 10 aromatic carbocycles. The van der Waals surface area contributed by atoms with Crippen molar-refractivity contribution < 1.29 is 4.42 Å². The van der Waals surface area contributed by atoms with Crippen LogP contribution in [0.3, 0.4) is 0 Å². The van der Waals surface area contributed by atoms with E-state index in [1.54, 1.807) is 11.3 Å². The molecule has 14 aromatic rings. The van der Waals surface area contributed by atoms with Crippen molar-refractivity contribution in [1.29, 1.82) is 0 Å². The number of benzene rings is 10. The number of thiophene rings is 1. The molecule has 0 aliphatic rings. The molecule has 0 spiro atoms. The number of fused-ring (bicyclic) bond motifs is 12. The third-order valence-electron chi connectivity index (χ3n) is 13.0. The zero-order valence-corrected chi connectivity index (χ0v) is 35.6. The van der Waals surface area contributed by atoms with Crippen molar-refractivity contribution in [2.75, 3.05) is 0 Å².